The van der Waals surface area contributed by atoms with E-state index in [0.717, 1.165) is 12.8 Å². The number of nitrogens with zero attached hydrogens (tertiary/aromatic N) is 1. The molecule has 2 nitrogen and oxygen atoms in total. The largest absolute Gasteiger partial charge is 0.404 e. The lowest BCUT2D eigenvalue weighted by Gasteiger charge is -2.36. The first-order valence-corrected chi connectivity index (χ1v) is 5.59. The average molecular weight is 222 g/mol. The summed E-state index contributed by atoms with van der Waals surface area (Å²) < 4.78 is 38.5. The van der Waals surface area contributed by atoms with E-state index in [9.17, 15) is 13.2 Å². The zero-order chi connectivity index (χ0) is 10.9. The Morgan fingerprint density at radius 3 is 2.27 bits per heavy atom. The highest BCUT2D eigenvalue weighted by atomic mass is 19.4. The number of alkyl halides is 3. The molecule has 0 bridgehead atoms. The summed E-state index contributed by atoms with van der Waals surface area (Å²) in [5.74, 6) is 0.325. The molecule has 1 aliphatic heterocycles. The molecular formula is C10H17F3N2. The Kier molecular flexibility index (Phi) is 3.21. The van der Waals surface area contributed by atoms with Crippen LogP contribution in [0.1, 0.15) is 19.3 Å². The molecule has 0 unspecified atom stereocenters. The summed E-state index contributed by atoms with van der Waals surface area (Å²) in [5.41, 5.74) is 0. The number of halogens is 3. The molecule has 0 amide bonds. The van der Waals surface area contributed by atoms with Crippen LogP contribution in [0.3, 0.4) is 0 Å². The minimum Gasteiger partial charge on any atom is -0.314 e. The van der Waals surface area contributed by atoms with Crippen molar-refractivity contribution in [1.82, 2.24) is 10.2 Å². The van der Waals surface area contributed by atoms with Crippen LogP contribution in [0.5, 0.6) is 0 Å². The van der Waals surface area contributed by atoms with Gasteiger partial charge in [0.2, 0.25) is 0 Å². The zero-order valence-corrected chi connectivity index (χ0v) is 8.69. The second-order valence-corrected chi connectivity index (χ2v) is 4.52. The molecule has 0 aromatic carbocycles. The molecular weight excluding hydrogens is 205 g/mol. The standard InChI is InChI=1S/C10H17F3N2/c11-10(12,13)9(7-8-1-2-8)15-5-3-14-4-6-15/h8-9,14H,1-7H2/t9-/m0/s1. The normalized spacial score (nSPS) is 26.6. The summed E-state index contributed by atoms with van der Waals surface area (Å²) in [6, 6.07) is -1.20. The fourth-order valence-corrected chi connectivity index (χ4v) is 2.15. The van der Waals surface area contributed by atoms with Gasteiger partial charge in [0.05, 0.1) is 0 Å². The Balaban J connectivity index is 1.95. The number of hydrogen-bond donors (Lipinski definition) is 1. The number of piperazine rings is 1. The lowest BCUT2D eigenvalue weighted by atomic mass is 10.1. The fourth-order valence-electron chi connectivity index (χ4n) is 2.15. The molecule has 1 aliphatic carbocycles. The van der Waals surface area contributed by atoms with Crippen molar-refractivity contribution in [2.24, 2.45) is 5.92 Å². The van der Waals surface area contributed by atoms with Crippen molar-refractivity contribution in [1.29, 1.82) is 0 Å². The summed E-state index contributed by atoms with van der Waals surface area (Å²) in [6.07, 6.45) is -1.78. The second-order valence-electron chi connectivity index (χ2n) is 4.52. The molecule has 0 spiro atoms. The van der Waals surface area contributed by atoms with Crippen molar-refractivity contribution in [3.8, 4) is 0 Å². The molecule has 2 aliphatic rings. The number of rotatable bonds is 3. The van der Waals surface area contributed by atoms with Crippen LogP contribution in [0.15, 0.2) is 0 Å². The van der Waals surface area contributed by atoms with Crippen molar-refractivity contribution in [2.75, 3.05) is 26.2 Å². The lowest BCUT2D eigenvalue weighted by Crippen LogP contribution is -2.53. The molecule has 1 heterocycles. The molecule has 1 N–H and O–H groups in total. The van der Waals surface area contributed by atoms with Gasteiger partial charge in [0.25, 0.3) is 0 Å². The van der Waals surface area contributed by atoms with Gasteiger partial charge in [-0.3, -0.25) is 4.90 Å². The summed E-state index contributed by atoms with van der Waals surface area (Å²) in [7, 11) is 0. The van der Waals surface area contributed by atoms with E-state index in [4.69, 9.17) is 0 Å². The zero-order valence-electron chi connectivity index (χ0n) is 8.69. The highest BCUT2D eigenvalue weighted by molar-refractivity contribution is 4.87. The maximum Gasteiger partial charge on any atom is 0.404 e. The van der Waals surface area contributed by atoms with Gasteiger partial charge in [0, 0.05) is 26.2 Å². The van der Waals surface area contributed by atoms with Gasteiger partial charge >= 0.3 is 6.18 Å². The van der Waals surface area contributed by atoms with Crippen LogP contribution >= 0.6 is 0 Å². The van der Waals surface area contributed by atoms with Crippen molar-refractivity contribution in [2.45, 2.75) is 31.5 Å². The van der Waals surface area contributed by atoms with E-state index in [1.165, 1.54) is 0 Å². The minimum absolute atomic E-state index is 0.309. The predicted octanol–water partition coefficient (Wildman–Crippen LogP) is 1.62. The highest BCUT2D eigenvalue weighted by Gasteiger charge is 2.46. The maximum absolute atomic E-state index is 12.8. The summed E-state index contributed by atoms with van der Waals surface area (Å²) in [6.45, 7) is 2.41. The first kappa shape index (κ1) is 11.2. The van der Waals surface area contributed by atoms with Gasteiger partial charge in [0.1, 0.15) is 6.04 Å². The van der Waals surface area contributed by atoms with E-state index in [-0.39, 0.29) is 0 Å². The van der Waals surface area contributed by atoms with Gasteiger partial charge in [-0.2, -0.15) is 13.2 Å². The van der Waals surface area contributed by atoms with E-state index in [1.54, 1.807) is 4.90 Å². The Morgan fingerprint density at radius 2 is 1.80 bits per heavy atom. The summed E-state index contributed by atoms with van der Waals surface area (Å²) in [4.78, 5) is 1.59. The van der Waals surface area contributed by atoms with Crippen LogP contribution in [-0.4, -0.2) is 43.3 Å². The first-order chi connectivity index (χ1) is 7.07. The molecule has 1 atom stereocenters. The van der Waals surface area contributed by atoms with Crippen LogP contribution in [0.25, 0.3) is 0 Å². The lowest BCUT2D eigenvalue weighted by molar-refractivity contribution is -0.188. The Labute approximate surface area is 87.8 Å². The maximum atomic E-state index is 12.8. The highest BCUT2D eigenvalue weighted by Crippen LogP contribution is 2.39. The molecule has 0 aromatic rings. The number of hydrogen-bond acceptors (Lipinski definition) is 2. The van der Waals surface area contributed by atoms with E-state index < -0.39 is 12.2 Å². The molecule has 0 aromatic heterocycles. The van der Waals surface area contributed by atoms with Gasteiger partial charge in [-0.15, -0.1) is 0 Å². The quantitative estimate of drug-likeness (QED) is 0.780. The van der Waals surface area contributed by atoms with Gasteiger partial charge in [-0.25, -0.2) is 0 Å². The van der Waals surface area contributed by atoms with Gasteiger partial charge in [-0.05, 0) is 12.3 Å². The first-order valence-electron chi connectivity index (χ1n) is 5.59. The molecule has 5 heteroatoms. The fraction of sp³-hybridized carbons (Fsp3) is 1.00. The van der Waals surface area contributed by atoms with E-state index >= 15 is 0 Å². The molecule has 1 saturated heterocycles. The van der Waals surface area contributed by atoms with Crippen molar-refractivity contribution in [3.05, 3.63) is 0 Å². The van der Waals surface area contributed by atoms with Crippen LogP contribution in [0.2, 0.25) is 0 Å². The third kappa shape index (κ3) is 3.08. The Hall–Kier alpha value is -0.290. The molecule has 15 heavy (non-hydrogen) atoms. The van der Waals surface area contributed by atoms with Gasteiger partial charge in [0.15, 0.2) is 0 Å². The van der Waals surface area contributed by atoms with E-state index in [1.807, 2.05) is 0 Å². The molecule has 2 rings (SSSR count). The summed E-state index contributed by atoms with van der Waals surface area (Å²) >= 11 is 0. The van der Waals surface area contributed by atoms with Crippen LogP contribution < -0.4 is 5.32 Å². The van der Waals surface area contributed by atoms with E-state index in [0.29, 0.717) is 38.5 Å². The minimum atomic E-state index is -4.06. The Bertz CT molecular complexity index is 207. The SMILES string of the molecule is FC(F)(F)[C@H](CC1CC1)N1CCNCC1. The monoisotopic (exact) mass is 222 g/mol. The summed E-state index contributed by atoms with van der Waals surface area (Å²) in [5, 5.41) is 3.08. The molecule has 1 saturated carbocycles. The smallest absolute Gasteiger partial charge is 0.314 e. The van der Waals surface area contributed by atoms with Crippen molar-refractivity contribution < 1.29 is 13.2 Å². The second kappa shape index (κ2) is 4.29. The van der Waals surface area contributed by atoms with Crippen molar-refractivity contribution in [3.63, 3.8) is 0 Å². The topological polar surface area (TPSA) is 15.3 Å². The third-order valence-electron chi connectivity index (χ3n) is 3.22. The van der Waals surface area contributed by atoms with E-state index in [2.05, 4.69) is 5.32 Å². The predicted molar refractivity (Wildman–Crippen MR) is 51.6 cm³/mol. The van der Waals surface area contributed by atoms with Crippen LogP contribution in [-0.2, 0) is 0 Å². The number of nitrogens with one attached hydrogen (secondary N) is 1. The molecule has 2 fully saturated rings. The average Bonchev–Trinajstić information content (AvgIpc) is 2.97. The Morgan fingerprint density at radius 1 is 1.20 bits per heavy atom. The van der Waals surface area contributed by atoms with Crippen LogP contribution in [0.4, 0.5) is 13.2 Å². The molecule has 88 valence electrons. The third-order valence-corrected chi connectivity index (χ3v) is 3.22. The van der Waals surface area contributed by atoms with Crippen LogP contribution in [0, 0.1) is 5.92 Å². The van der Waals surface area contributed by atoms with Crippen molar-refractivity contribution >= 4 is 0 Å². The van der Waals surface area contributed by atoms with Gasteiger partial charge < -0.3 is 5.32 Å². The molecule has 0 radical (unpaired) electrons. The van der Waals surface area contributed by atoms with Gasteiger partial charge in [-0.1, -0.05) is 12.8 Å².